The maximum absolute atomic E-state index is 10.4. The van der Waals surface area contributed by atoms with Crippen molar-refractivity contribution in [1.29, 1.82) is 0 Å². The van der Waals surface area contributed by atoms with Gasteiger partial charge in [-0.2, -0.15) is 0 Å². The molecule has 1 unspecified atom stereocenters. The molecule has 1 aromatic rings. The molecule has 1 rings (SSSR count). The Bertz CT molecular complexity index is 330. The molecule has 0 spiro atoms. The Morgan fingerprint density at radius 3 is 2.93 bits per heavy atom. The van der Waals surface area contributed by atoms with E-state index in [4.69, 9.17) is 21.4 Å². The summed E-state index contributed by atoms with van der Waals surface area (Å²) in [5, 5.41) is 11.1. The summed E-state index contributed by atoms with van der Waals surface area (Å²) in [5.74, 6) is -0.473. The van der Waals surface area contributed by atoms with Gasteiger partial charge in [-0.3, -0.25) is 0 Å². The third-order valence-electron chi connectivity index (χ3n) is 1.58. The Kier molecular flexibility index (Phi) is 3.59. The maximum atomic E-state index is 10.4. The largest absolute Gasteiger partial charge is 0.497 e. The van der Waals surface area contributed by atoms with Crippen LogP contribution in [0.25, 0.3) is 0 Å². The minimum Gasteiger partial charge on any atom is -0.497 e. The van der Waals surface area contributed by atoms with E-state index in [9.17, 15) is 4.79 Å². The first kappa shape index (κ1) is 10.7. The SMILES string of the molecule is COc1cccc(NC(Cl)C(=O)O)c1. The summed E-state index contributed by atoms with van der Waals surface area (Å²) in [7, 11) is 1.54. The molecule has 2 N–H and O–H groups in total. The number of hydrogen-bond donors (Lipinski definition) is 2. The summed E-state index contributed by atoms with van der Waals surface area (Å²) in [4.78, 5) is 10.4. The van der Waals surface area contributed by atoms with Gasteiger partial charge in [0.1, 0.15) is 5.75 Å². The summed E-state index contributed by atoms with van der Waals surface area (Å²) >= 11 is 5.49. The molecule has 14 heavy (non-hydrogen) atoms. The van der Waals surface area contributed by atoms with Gasteiger partial charge >= 0.3 is 5.97 Å². The quantitative estimate of drug-likeness (QED) is 0.594. The lowest BCUT2D eigenvalue weighted by atomic mass is 10.3. The van der Waals surface area contributed by atoms with E-state index in [0.717, 1.165) is 0 Å². The van der Waals surface area contributed by atoms with Gasteiger partial charge in [0.2, 0.25) is 0 Å². The first-order valence-corrected chi connectivity index (χ1v) is 4.34. The van der Waals surface area contributed by atoms with E-state index in [1.54, 1.807) is 24.3 Å². The smallest absolute Gasteiger partial charge is 0.341 e. The van der Waals surface area contributed by atoms with Crippen molar-refractivity contribution < 1.29 is 14.6 Å². The average Bonchev–Trinajstić information content (AvgIpc) is 2.18. The monoisotopic (exact) mass is 215 g/mol. The van der Waals surface area contributed by atoms with Crippen molar-refractivity contribution in [1.82, 2.24) is 0 Å². The molecule has 0 aliphatic rings. The van der Waals surface area contributed by atoms with Gasteiger partial charge in [0.25, 0.3) is 0 Å². The van der Waals surface area contributed by atoms with Crippen molar-refractivity contribution in [2.75, 3.05) is 12.4 Å². The van der Waals surface area contributed by atoms with Crippen LogP contribution in [0.2, 0.25) is 0 Å². The zero-order valence-electron chi connectivity index (χ0n) is 7.53. The van der Waals surface area contributed by atoms with Crippen LogP contribution in [0.15, 0.2) is 24.3 Å². The number of methoxy groups -OCH3 is 1. The predicted octanol–water partition coefficient (Wildman–Crippen LogP) is 1.76. The van der Waals surface area contributed by atoms with E-state index >= 15 is 0 Å². The standard InChI is InChI=1S/C9H10ClNO3/c1-14-7-4-2-3-6(5-7)11-8(10)9(12)13/h2-5,8,11H,1H3,(H,12,13). The fraction of sp³-hybridized carbons (Fsp3) is 0.222. The van der Waals surface area contributed by atoms with Crippen molar-refractivity contribution in [2.24, 2.45) is 0 Å². The van der Waals surface area contributed by atoms with Gasteiger partial charge in [-0.05, 0) is 12.1 Å². The summed E-state index contributed by atoms with van der Waals surface area (Å²) in [6.45, 7) is 0. The van der Waals surface area contributed by atoms with Crippen LogP contribution in [-0.4, -0.2) is 23.7 Å². The molecular formula is C9H10ClNO3. The molecule has 0 aliphatic heterocycles. The molecule has 0 aromatic heterocycles. The fourth-order valence-corrected chi connectivity index (χ4v) is 1.05. The molecule has 0 bridgehead atoms. The summed E-state index contributed by atoms with van der Waals surface area (Å²) in [6, 6.07) is 6.88. The highest BCUT2D eigenvalue weighted by atomic mass is 35.5. The number of halogens is 1. The minimum atomic E-state index is -1.14. The molecule has 5 heteroatoms. The van der Waals surface area contributed by atoms with Gasteiger partial charge < -0.3 is 15.2 Å². The van der Waals surface area contributed by atoms with Crippen LogP contribution in [0.1, 0.15) is 0 Å². The van der Waals surface area contributed by atoms with E-state index < -0.39 is 11.5 Å². The normalized spacial score (nSPS) is 11.9. The summed E-state index contributed by atoms with van der Waals surface area (Å²) < 4.78 is 4.97. The number of carboxylic acids is 1. The highest BCUT2D eigenvalue weighted by Gasteiger charge is 2.12. The van der Waals surface area contributed by atoms with Crippen LogP contribution in [0.5, 0.6) is 5.75 Å². The highest BCUT2D eigenvalue weighted by Crippen LogP contribution is 2.18. The van der Waals surface area contributed by atoms with Gasteiger partial charge in [-0.25, -0.2) is 4.79 Å². The van der Waals surface area contributed by atoms with Crippen LogP contribution in [0.4, 0.5) is 5.69 Å². The first-order valence-electron chi connectivity index (χ1n) is 3.91. The van der Waals surface area contributed by atoms with E-state index in [-0.39, 0.29) is 0 Å². The molecule has 0 aliphatic carbocycles. The molecule has 76 valence electrons. The van der Waals surface area contributed by atoms with Crippen molar-refractivity contribution in [2.45, 2.75) is 5.50 Å². The summed E-state index contributed by atoms with van der Waals surface area (Å²) in [5.41, 5.74) is -0.533. The molecular weight excluding hydrogens is 206 g/mol. The van der Waals surface area contributed by atoms with Crippen molar-refractivity contribution in [3.05, 3.63) is 24.3 Å². The molecule has 0 fully saturated rings. The van der Waals surface area contributed by atoms with Crippen molar-refractivity contribution in [3.8, 4) is 5.75 Å². The Balaban J connectivity index is 2.71. The second kappa shape index (κ2) is 4.72. The third kappa shape index (κ3) is 2.81. The zero-order chi connectivity index (χ0) is 10.6. The predicted molar refractivity (Wildman–Crippen MR) is 53.9 cm³/mol. The third-order valence-corrected chi connectivity index (χ3v) is 1.88. The van der Waals surface area contributed by atoms with Crippen LogP contribution in [-0.2, 0) is 4.79 Å². The number of anilines is 1. The van der Waals surface area contributed by atoms with Crippen LogP contribution in [0.3, 0.4) is 0 Å². The summed E-state index contributed by atoms with van der Waals surface area (Å²) in [6.07, 6.45) is 0. The number of hydrogen-bond acceptors (Lipinski definition) is 3. The number of ether oxygens (including phenoxy) is 1. The van der Waals surface area contributed by atoms with Gasteiger partial charge in [0.05, 0.1) is 7.11 Å². The molecule has 0 heterocycles. The molecule has 1 aromatic carbocycles. The maximum Gasteiger partial charge on any atom is 0.341 e. The number of carboxylic acid groups (broad SMARTS) is 1. The lowest BCUT2D eigenvalue weighted by Gasteiger charge is -2.09. The highest BCUT2D eigenvalue weighted by molar-refractivity contribution is 6.30. The van der Waals surface area contributed by atoms with E-state index in [1.807, 2.05) is 0 Å². The Hall–Kier alpha value is -1.42. The van der Waals surface area contributed by atoms with E-state index in [0.29, 0.717) is 11.4 Å². The molecule has 1 atom stereocenters. The van der Waals surface area contributed by atoms with Crippen LogP contribution < -0.4 is 10.1 Å². The second-order valence-electron chi connectivity index (χ2n) is 2.58. The van der Waals surface area contributed by atoms with Crippen molar-refractivity contribution in [3.63, 3.8) is 0 Å². The number of alkyl halides is 1. The van der Waals surface area contributed by atoms with Gasteiger partial charge in [-0.1, -0.05) is 17.7 Å². The fourth-order valence-electron chi connectivity index (χ4n) is 0.921. The Morgan fingerprint density at radius 1 is 1.64 bits per heavy atom. The molecule has 0 amide bonds. The van der Waals surface area contributed by atoms with Gasteiger partial charge in [0.15, 0.2) is 5.50 Å². The minimum absolute atomic E-state index is 0.603. The van der Waals surface area contributed by atoms with E-state index in [1.165, 1.54) is 7.11 Å². The van der Waals surface area contributed by atoms with E-state index in [2.05, 4.69) is 5.32 Å². The molecule has 4 nitrogen and oxygen atoms in total. The molecule has 0 saturated heterocycles. The number of rotatable bonds is 4. The second-order valence-corrected chi connectivity index (χ2v) is 3.01. The zero-order valence-corrected chi connectivity index (χ0v) is 8.28. The van der Waals surface area contributed by atoms with Gasteiger partial charge in [0, 0.05) is 11.8 Å². The lowest BCUT2D eigenvalue weighted by Crippen LogP contribution is -2.22. The van der Waals surface area contributed by atoms with Crippen LogP contribution in [0, 0.1) is 0 Å². The molecule has 0 radical (unpaired) electrons. The topological polar surface area (TPSA) is 58.6 Å². The van der Waals surface area contributed by atoms with Crippen molar-refractivity contribution >= 4 is 23.3 Å². The average molecular weight is 216 g/mol. The molecule has 0 saturated carbocycles. The Morgan fingerprint density at radius 2 is 2.36 bits per heavy atom. The Labute approximate surface area is 86.4 Å². The lowest BCUT2D eigenvalue weighted by molar-refractivity contribution is -0.136. The van der Waals surface area contributed by atoms with Gasteiger partial charge in [-0.15, -0.1) is 0 Å². The first-order chi connectivity index (χ1) is 6.63. The number of aliphatic carboxylic acids is 1. The van der Waals surface area contributed by atoms with Crippen LogP contribution >= 0.6 is 11.6 Å². The number of carbonyl (C=O) groups is 1. The number of benzene rings is 1. The number of nitrogens with one attached hydrogen (secondary N) is 1.